The highest BCUT2D eigenvalue weighted by molar-refractivity contribution is 4.70. The molecule has 1 N–H and O–H groups in total. The second-order valence-corrected chi connectivity index (χ2v) is 2.70. The van der Waals surface area contributed by atoms with E-state index in [0.29, 0.717) is 0 Å². The molecule has 0 bridgehead atoms. The Balaban J connectivity index is 3.71. The fourth-order valence-electron chi connectivity index (χ4n) is 0.224. The van der Waals surface area contributed by atoms with Crippen LogP contribution in [0.4, 0.5) is 0 Å². The molecule has 0 aromatic heterocycles. The van der Waals surface area contributed by atoms with Gasteiger partial charge in [0, 0.05) is 0 Å². The van der Waals surface area contributed by atoms with Crippen molar-refractivity contribution in [3.05, 3.63) is 0 Å². The van der Waals surface area contributed by atoms with Crippen LogP contribution < -0.4 is 5.32 Å². The Hall–Kier alpha value is -0.0800. The van der Waals surface area contributed by atoms with Gasteiger partial charge in [-0.25, -0.2) is 0 Å². The maximum atomic E-state index is 3.17. The topological polar surface area (TPSA) is 15.3 Å². The van der Waals surface area contributed by atoms with Crippen LogP contribution >= 0.6 is 0 Å². The van der Waals surface area contributed by atoms with E-state index < -0.39 is 0 Å². The Morgan fingerprint density at radius 2 is 1.62 bits per heavy atom. The molecule has 0 aliphatic rings. The lowest BCUT2D eigenvalue weighted by Gasteiger charge is -2.31. The summed E-state index contributed by atoms with van der Waals surface area (Å²) in [7, 11) is 6.06. The quantitative estimate of drug-likeness (QED) is 0.529. The highest BCUT2D eigenvalue weighted by atomic mass is 15.3. The Morgan fingerprint density at radius 3 is 1.62 bits per heavy atom. The van der Waals surface area contributed by atoms with Gasteiger partial charge in [-0.1, -0.05) is 0 Å². The summed E-state index contributed by atoms with van der Waals surface area (Å²) in [6, 6.07) is 0. The van der Waals surface area contributed by atoms with E-state index in [4.69, 9.17) is 0 Å². The lowest BCUT2D eigenvalue weighted by atomic mass is 10.2. The fraction of sp³-hybridized carbons (Fsp3) is 1.00. The fourth-order valence-corrected chi connectivity index (χ4v) is 0.224. The Morgan fingerprint density at radius 1 is 1.25 bits per heavy atom. The minimum absolute atomic E-state index is 0.125. The minimum Gasteiger partial charge on any atom is -0.303 e. The summed E-state index contributed by atoms with van der Waals surface area (Å²) in [6.07, 6.45) is 0. The van der Waals surface area contributed by atoms with E-state index >= 15 is 0 Å². The van der Waals surface area contributed by atoms with Gasteiger partial charge in [0.1, 0.15) is 0 Å². The molecule has 0 aliphatic carbocycles. The van der Waals surface area contributed by atoms with Gasteiger partial charge >= 0.3 is 0 Å². The number of hydrogen-bond donors (Lipinski definition) is 1. The minimum atomic E-state index is 0.125. The van der Waals surface area contributed by atoms with Gasteiger partial charge in [0.2, 0.25) is 0 Å². The molecule has 0 aliphatic heterocycles. The standard InChI is InChI=1S/C6H16N2/c1-6(2,7-3)8(4)5/h7H,1-5H3. The van der Waals surface area contributed by atoms with E-state index in [-0.39, 0.29) is 5.66 Å². The summed E-state index contributed by atoms with van der Waals surface area (Å²) in [6.45, 7) is 4.26. The lowest BCUT2D eigenvalue weighted by molar-refractivity contribution is 0.162. The van der Waals surface area contributed by atoms with Crippen molar-refractivity contribution >= 4 is 0 Å². The van der Waals surface area contributed by atoms with Crippen molar-refractivity contribution in [2.75, 3.05) is 21.1 Å². The third-order valence-electron chi connectivity index (χ3n) is 1.73. The van der Waals surface area contributed by atoms with E-state index in [9.17, 15) is 0 Å². The van der Waals surface area contributed by atoms with Gasteiger partial charge in [-0.2, -0.15) is 0 Å². The maximum absolute atomic E-state index is 3.17. The molecule has 0 fully saturated rings. The van der Waals surface area contributed by atoms with Gasteiger partial charge in [-0.15, -0.1) is 0 Å². The number of rotatable bonds is 2. The van der Waals surface area contributed by atoms with Crippen LogP contribution in [0.15, 0.2) is 0 Å². The molecule has 2 heteroatoms. The zero-order valence-electron chi connectivity index (χ0n) is 6.45. The molecule has 0 heterocycles. The number of nitrogens with one attached hydrogen (secondary N) is 1. The van der Waals surface area contributed by atoms with Crippen molar-refractivity contribution in [3.63, 3.8) is 0 Å². The molecule has 0 saturated heterocycles. The molecule has 0 atom stereocenters. The van der Waals surface area contributed by atoms with Crippen molar-refractivity contribution in [2.24, 2.45) is 0 Å². The summed E-state index contributed by atoms with van der Waals surface area (Å²) in [5.74, 6) is 0. The lowest BCUT2D eigenvalue weighted by Crippen LogP contribution is -2.49. The monoisotopic (exact) mass is 116 g/mol. The summed E-state index contributed by atoms with van der Waals surface area (Å²) in [4.78, 5) is 2.13. The van der Waals surface area contributed by atoms with Crippen LogP contribution in [0.1, 0.15) is 13.8 Å². The van der Waals surface area contributed by atoms with E-state index in [1.165, 1.54) is 0 Å². The van der Waals surface area contributed by atoms with Crippen LogP contribution in [0.25, 0.3) is 0 Å². The van der Waals surface area contributed by atoms with Crippen LogP contribution in [0.3, 0.4) is 0 Å². The molecule has 0 saturated carbocycles. The Bertz CT molecular complexity index is 66.9. The predicted molar refractivity (Wildman–Crippen MR) is 36.8 cm³/mol. The summed E-state index contributed by atoms with van der Waals surface area (Å²) in [5, 5.41) is 3.17. The molecule has 0 radical (unpaired) electrons. The van der Waals surface area contributed by atoms with Crippen LogP contribution in [0.2, 0.25) is 0 Å². The second kappa shape index (κ2) is 2.46. The van der Waals surface area contributed by atoms with Crippen molar-refractivity contribution in [1.82, 2.24) is 10.2 Å². The maximum Gasteiger partial charge on any atom is 0.0646 e. The molecule has 50 valence electrons. The molecule has 0 rings (SSSR count). The van der Waals surface area contributed by atoms with E-state index in [0.717, 1.165) is 0 Å². The SMILES string of the molecule is CNC(C)(C)N(C)C. The number of hydrogen-bond acceptors (Lipinski definition) is 2. The Labute approximate surface area is 51.9 Å². The smallest absolute Gasteiger partial charge is 0.0646 e. The molecule has 0 amide bonds. The molecular formula is C6H16N2. The molecule has 0 aromatic carbocycles. The molecule has 2 nitrogen and oxygen atoms in total. The summed E-state index contributed by atoms with van der Waals surface area (Å²) >= 11 is 0. The predicted octanol–water partition coefficient (Wildman–Crippen LogP) is 0.503. The van der Waals surface area contributed by atoms with Gasteiger partial charge in [-0.3, -0.25) is 4.90 Å². The third kappa shape index (κ3) is 1.80. The van der Waals surface area contributed by atoms with E-state index in [1.807, 2.05) is 7.05 Å². The van der Waals surface area contributed by atoms with Gasteiger partial charge < -0.3 is 5.32 Å². The van der Waals surface area contributed by atoms with E-state index in [2.05, 4.69) is 38.2 Å². The van der Waals surface area contributed by atoms with Gasteiger partial charge in [-0.05, 0) is 35.0 Å². The van der Waals surface area contributed by atoms with Crippen molar-refractivity contribution in [2.45, 2.75) is 19.5 Å². The van der Waals surface area contributed by atoms with Gasteiger partial charge in [0.05, 0.1) is 5.66 Å². The Kier molecular flexibility index (Phi) is 2.44. The highest BCUT2D eigenvalue weighted by Crippen LogP contribution is 2.01. The zero-order chi connectivity index (χ0) is 6.78. The molecule has 0 spiro atoms. The largest absolute Gasteiger partial charge is 0.303 e. The van der Waals surface area contributed by atoms with E-state index in [1.54, 1.807) is 0 Å². The second-order valence-electron chi connectivity index (χ2n) is 2.70. The first-order valence-electron chi connectivity index (χ1n) is 2.87. The first-order chi connectivity index (χ1) is 3.50. The zero-order valence-corrected chi connectivity index (χ0v) is 6.45. The summed E-state index contributed by atoms with van der Waals surface area (Å²) in [5.41, 5.74) is 0.125. The summed E-state index contributed by atoms with van der Waals surface area (Å²) < 4.78 is 0. The van der Waals surface area contributed by atoms with Crippen LogP contribution in [0, 0.1) is 0 Å². The average Bonchev–Trinajstić information content (AvgIpc) is 1.67. The van der Waals surface area contributed by atoms with Crippen molar-refractivity contribution < 1.29 is 0 Å². The first kappa shape index (κ1) is 7.92. The van der Waals surface area contributed by atoms with Crippen LogP contribution in [-0.4, -0.2) is 31.7 Å². The third-order valence-corrected chi connectivity index (χ3v) is 1.73. The molecule has 0 unspecified atom stereocenters. The number of nitrogens with zero attached hydrogens (tertiary/aromatic N) is 1. The normalized spacial score (nSPS) is 12.8. The first-order valence-corrected chi connectivity index (χ1v) is 2.87. The average molecular weight is 116 g/mol. The molecule has 0 aromatic rings. The highest BCUT2D eigenvalue weighted by Gasteiger charge is 2.15. The van der Waals surface area contributed by atoms with Gasteiger partial charge in [0.25, 0.3) is 0 Å². The molecule has 8 heavy (non-hydrogen) atoms. The van der Waals surface area contributed by atoms with Crippen LogP contribution in [0.5, 0.6) is 0 Å². The van der Waals surface area contributed by atoms with Crippen LogP contribution in [-0.2, 0) is 0 Å². The molecular weight excluding hydrogens is 100 g/mol. The van der Waals surface area contributed by atoms with Crippen molar-refractivity contribution in [3.8, 4) is 0 Å². The van der Waals surface area contributed by atoms with Crippen molar-refractivity contribution in [1.29, 1.82) is 0 Å². The van der Waals surface area contributed by atoms with Gasteiger partial charge in [0.15, 0.2) is 0 Å².